The molecule has 0 bridgehead atoms. The van der Waals surface area contributed by atoms with E-state index < -0.39 is 0 Å². The summed E-state index contributed by atoms with van der Waals surface area (Å²) >= 11 is 9.44. The van der Waals surface area contributed by atoms with Crippen LogP contribution < -0.4 is 5.32 Å². The first-order chi connectivity index (χ1) is 16.6. The average molecular weight is 505 g/mol. The molecular formula is C26H21ClN4OS2. The van der Waals surface area contributed by atoms with Crippen molar-refractivity contribution in [3.63, 3.8) is 0 Å². The molecule has 0 fully saturated rings. The summed E-state index contributed by atoms with van der Waals surface area (Å²) in [4.78, 5) is 23.2. The first kappa shape index (κ1) is 22.5. The van der Waals surface area contributed by atoms with Gasteiger partial charge in [0.2, 0.25) is 0 Å². The molecule has 170 valence electrons. The van der Waals surface area contributed by atoms with Crippen LogP contribution in [0.25, 0.3) is 22.0 Å². The number of thiophene rings is 1. The maximum Gasteiger partial charge on any atom is 0.253 e. The summed E-state index contributed by atoms with van der Waals surface area (Å²) in [5.41, 5.74) is 5.34. The molecule has 0 saturated carbocycles. The molecule has 0 atom stereocenters. The van der Waals surface area contributed by atoms with Gasteiger partial charge in [0.1, 0.15) is 5.01 Å². The van der Waals surface area contributed by atoms with E-state index in [1.807, 2.05) is 72.3 Å². The van der Waals surface area contributed by atoms with Gasteiger partial charge in [0.25, 0.3) is 5.91 Å². The molecule has 5 nitrogen and oxygen atoms in total. The number of rotatable bonds is 7. The maximum absolute atomic E-state index is 13.1. The van der Waals surface area contributed by atoms with Crippen molar-refractivity contribution in [1.82, 2.24) is 19.9 Å². The van der Waals surface area contributed by atoms with E-state index in [0.717, 1.165) is 38.1 Å². The summed E-state index contributed by atoms with van der Waals surface area (Å²) < 4.78 is 2.14. The second-order valence-corrected chi connectivity index (χ2v) is 10.1. The molecule has 4 aromatic heterocycles. The number of hydrogen-bond acceptors (Lipinski definition) is 5. The molecule has 5 aromatic rings. The third-order valence-corrected chi connectivity index (χ3v) is 7.54. The van der Waals surface area contributed by atoms with Crippen molar-refractivity contribution in [2.75, 3.05) is 0 Å². The lowest BCUT2D eigenvalue weighted by Gasteiger charge is -2.12. The molecule has 5 rings (SSSR count). The number of hydrogen-bond donors (Lipinski definition) is 1. The third kappa shape index (κ3) is 4.82. The number of carbonyl (C=O) groups excluding carboxylic acids is 1. The average Bonchev–Trinajstić information content (AvgIpc) is 3.60. The molecule has 1 aromatic carbocycles. The van der Waals surface area contributed by atoms with Crippen molar-refractivity contribution in [2.45, 2.75) is 20.0 Å². The normalized spacial score (nSPS) is 11.0. The van der Waals surface area contributed by atoms with Gasteiger partial charge >= 0.3 is 0 Å². The topological polar surface area (TPSA) is 59.8 Å². The zero-order valence-corrected chi connectivity index (χ0v) is 20.8. The summed E-state index contributed by atoms with van der Waals surface area (Å²) in [6.45, 7) is 3.07. The quantitative estimate of drug-likeness (QED) is 0.269. The Morgan fingerprint density at radius 2 is 1.94 bits per heavy atom. The minimum Gasteiger partial charge on any atom is -0.347 e. The van der Waals surface area contributed by atoms with E-state index in [2.05, 4.69) is 14.9 Å². The van der Waals surface area contributed by atoms with Gasteiger partial charge < -0.3 is 9.88 Å². The molecule has 0 radical (unpaired) electrons. The smallest absolute Gasteiger partial charge is 0.253 e. The lowest BCUT2D eigenvalue weighted by Crippen LogP contribution is -2.23. The number of thiazole rings is 1. The fourth-order valence-corrected chi connectivity index (χ4v) is 5.48. The molecule has 4 heterocycles. The second kappa shape index (κ2) is 9.93. The van der Waals surface area contributed by atoms with Crippen LogP contribution >= 0.6 is 34.3 Å². The van der Waals surface area contributed by atoms with E-state index in [1.54, 1.807) is 35.1 Å². The Labute approximate surface area is 210 Å². The SMILES string of the molecule is Cc1c(C(=O)NCc2cccs2)cc(-c2csc(-c3ccncc3)n2)n1Cc1cccc(Cl)c1. The Balaban J connectivity index is 1.52. The number of benzene rings is 1. The van der Waals surface area contributed by atoms with Crippen LogP contribution in [0.4, 0.5) is 0 Å². The molecule has 1 N–H and O–H groups in total. The molecule has 34 heavy (non-hydrogen) atoms. The number of nitrogens with zero attached hydrogens (tertiary/aromatic N) is 3. The fraction of sp³-hybridized carbons (Fsp3) is 0.115. The van der Waals surface area contributed by atoms with E-state index >= 15 is 0 Å². The maximum atomic E-state index is 13.1. The number of pyridine rings is 1. The highest BCUT2D eigenvalue weighted by Crippen LogP contribution is 2.32. The zero-order chi connectivity index (χ0) is 23.5. The molecule has 0 aliphatic rings. The van der Waals surface area contributed by atoms with Crippen LogP contribution in [0.15, 0.2) is 77.8 Å². The van der Waals surface area contributed by atoms with Crippen molar-refractivity contribution < 1.29 is 4.79 Å². The summed E-state index contributed by atoms with van der Waals surface area (Å²) in [5, 5.41) is 8.69. The van der Waals surface area contributed by atoms with Gasteiger partial charge in [-0.15, -0.1) is 22.7 Å². The van der Waals surface area contributed by atoms with Crippen molar-refractivity contribution in [3.05, 3.63) is 104 Å². The lowest BCUT2D eigenvalue weighted by molar-refractivity contribution is 0.0950. The minimum absolute atomic E-state index is 0.0958. The molecule has 8 heteroatoms. The van der Waals surface area contributed by atoms with Gasteiger partial charge in [0, 0.05) is 45.5 Å². The highest BCUT2D eigenvalue weighted by molar-refractivity contribution is 7.13. The molecule has 0 unspecified atom stereocenters. The van der Waals surface area contributed by atoms with Crippen LogP contribution in [0.5, 0.6) is 0 Å². The molecule has 1 amide bonds. The molecular weight excluding hydrogens is 484 g/mol. The van der Waals surface area contributed by atoms with Gasteiger partial charge in [-0.3, -0.25) is 9.78 Å². The Kier molecular flexibility index (Phi) is 6.58. The summed E-state index contributed by atoms with van der Waals surface area (Å²) in [7, 11) is 0. The third-order valence-electron chi connectivity index (χ3n) is 5.54. The molecule has 0 spiro atoms. The monoisotopic (exact) mass is 504 g/mol. The van der Waals surface area contributed by atoms with Gasteiger partial charge in [-0.25, -0.2) is 4.98 Å². The van der Waals surface area contributed by atoms with Crippen molar-refractivity contribution in [3.8, 4) is 22.0 Å². The van der Waals surface area contributed by atoms with Gasteiger partial charge in [-0.2, -0.15) is 0 Å². The minimum atomic E-state index is -0.0958. The summed E-state index contributed by atoms with van der Waals surface area (Å²) in [5.74, 6) is -0.0958. The zero-order valence-electron chi connectivity index (χ0n) is 18.4. The van der Waals surface area contributed by atoms with Crippen molar-refractivity contribution >= 4 is 40.2 Å². The van der Waals surface area contributed by atoms with Gasteiger partial charge in [-0.05, 0) is 54.3 Å². The lowest BCUT2D eigenvalue weighted by atomic mass is 10.2. The van der Waals surface area contributed by atoms with E-state index in [4.69, 9.17) is 16.6 Å². The van der Waals surface area contributed by atoms with Crippen molar-refractivity contribution in [2.24, 2.45) is 0 Å². The first-order valence-corrected chi connectivity index (χ1v) is 12.8. The highest BCUT2D eigenvalue weighted by Gasteiger charge is 2.21. The molecule has 0 aliphatic heterocycles. The standard InChI is InChI=1S/C26H21ClN4OS2/c1-17-22(25(32)29-14-21-6-3-11-33-21)13-24(31(17)15-18-4-2-5-20(27)12-18)23-16-34-26(30-23)19-7-9-28-10-8-19/h2-13,16H,14-15H2,1H3,(H,29,32). The van der Waals surface area contributed by atoms with Gasteiger partial charge in [-0.1, -0.05) is 29.8 Å². The van der Waals surface area contributed by atoms with Gasteiger partial charge in [0.05, 0.1) is 23.5 Å². The number of nitrogens with one attached hydrogen (secondary N) is 1. The van der Waals surface area contributed by atoms with Gasteiger partial charge in [0.15, 0.2) is 0 Å². The van der Waals surface area contributed by atoms with E-state index in [9.17, 15) is 4.79 Å². The Morgan fingerprint density at radius 3 is 2.71 bits per heavy atom. The molecule has 0 saturated heterocycles. The fourth-order valence-electron chi connectivity index (χ4n) is 3.80. The van der Waals surface area contributed by atoms with Crippen LogP contribution in [0, 0.1) is 6.92 Å². The molecule has 0 aliphatic carbocycles. The predicted octanol–water partition coefficient (Wildman–Crippen LogP) is 6.68. The van der Waals surface area contributed by atoms with Crippen LogP contribution in [-0.4, -0.2) is 20.4 Å². The van der Waals surface area contributed by atoms with E-state index in [1.165, 1.54) is 0 Å². The number of carbonyl (C=O) groups is 1. The first-order valence-electron chi connectivity index (χ1n) is 10.7. The van der Waals surface area contributed by atoms with E-state index in [0.29, 0.717) is 23.7 Å². The van der Waals surface area contributed by atoms with E-state index in [-0.39, 0.29) is 5.91 Å². The van der Waals surface area contributed by atoms with Crippen LogP contribution in [-0.2, 0) is 13.1 Å². The number of aromatic nitrogens is 3. The highest BCUT2D eigenvalue weighted by atomic mass is 35.5. The summed E-state index contributed by atoms with van der Waals surface area (Å²) in [6.07, 6.45) is 3.52. The van der Waals surface area contributed by atoms with Crippen molar-refractivity contribution in [1.29, 1.82) is 0 Å². The summed E-state index contributed by atoms with van der Waals surface area (Å²) in [6, 6.07) is 17.6. The number of halogens is 1. The Hall–Kier alpha value is -3.26. The number of amides is 1. The Morgan fingerprint density at radius 1 is 1.09 bits per heavy atom. The van der Waals surface area contributed by atoms with Crippen LogP contribution in [0.2, 0.25) is 5.02 Å². The second-order valence-electron chi connectivity index (χ2n) is 7.78. The van der Waals surface area contributed by atoms with Crippen LogP contribution in [0.3, 0.4) is 0 Å². The predicted molar refractivity (Wildman–Crippen MR) is 140 cm³/mol. The largest absolute Gasteiger partial charge is 0.347 e. The van der Waals surface area contributed by atoms with Crippen LogP contribution in [0.1, 0.15) is 26.5 Å². The Bertz CT molecular complexity index is 1420.